The van der Waals surface area contributed by atoms with Gasteiger partial charge in [-0.3, -0.25) is 0 Å². The van der Waals surface area contributed by atoms with Gasteiger partial charge in [0.15, 0.2) is 5.16 Å². The third kappa shape index (κ3) is 5.91. The van der Waals surface area contributed by atoms with Crippen molar-refractivity contribution in [1.82, 2.24) is 9.55 Å². The summed E-state index contributed by atoms with van der Waals surface area (Å²) in [5, 5.41) is 5.95. The first-order valence-electron chi connectivity index (χ1n) is 7.71. The molecule has 0 radical (unpaired) electrons. The molecule has 1 aromatic carbocycles. The van der Waals surface area contributed by atoms with Crippen molar-refractivity contribution >= 4 is 37.7 Å². The molecule has 2 N–H and O–H groups in total. The molecule has 0 amide bonds. The number of nitrogens with two attached hydrogens (primary N) is 1. The van der Waals surface area contributed by atoms with Gasteiger partial charge in [-0.15, -0.1) is 0 Å². The van der Waals surface area contributed by atoms with Gasteiger partial charge in [-0.2, -0.15) is 0 Å². The number of hydrogen-bond acceptors (Lipinski definition) is 4. The van der Waals surface area contributed by atoms with Gasteiger partial charge in [0, 0.05) is 16.8 Å². The van der Waals surface area contributed by atoms with Crippen molar-refractivity contribution in [2.75, 3.05) is 11.5 Å². The van der Waals surface area contributed by atoms with E-state index in [2.05, 4.69) is 51.5 Å². The van der Waals surface area contributed by atoms with Crippen molar-refractivity contribution in [2.45, 2.75) is 32.0 Å². The Bertz CT molecular complexity index is 771. The molecule has 0 spiro atoms. The van der Waals surface area contributed by atoms with E-state index in [1.165, 1.54) is 0 Å². The molecule has 0 atom stereocenters. The van der Waals surface area contributed by atoms with Crippen LogP contribution in [0.5, 0.6) is 0 Å². The Morgan fingerprint density at radius 2 is 1.96 bits per heavy atom. The summed E-state index contributed by atoms with van der Waals surface area (Å²) in [7, 11) is -3.39. The van der Waals surface area contributed by atoms with Crippen LogP contribution < -0.4 is 5.14 Å². The number of rotatable bonds is 8. The molecular weight excluding hydrogens is 410 g/mol. The zero-order chi connectivity index (χ0) is 17.7. The smallest absolute Gasteiger partial charge is 0.209 e. The van der Waals surface area contributed by atoms with E-state index >= 15 is 0 Å². The predicted molar refractivity (Wildman–Crippen MR) is 104 cm³/mol. The van der Waals surface area contributed by atoms with E-state index in [0.29, 0.717) is 18.1 Å². The number of nitrogens with zero attached hydrogens (tertiary/aromatic N) is 2. The summed E-state index contributed by atoms with van der Waals surface area (Å²) < 4.78 is 25.3. The predicted octanol–water partition coefficient (Wildman–Crippen LogP) is 3.74. The summed E-state index contributed by atoms with van der Waals surface area (Å²) in [6.45, 7) is 5.20. The molecule has 1 heterocycles. The largest absolute Gasteiger partial charge is 0.319 e. The molecule has 0 bridgehead atoms. The Balaban J connectivity index is 2.17. The lowest BCUT2D eigenvalue weighted by molar-refractivity contribution is 0.498. The minimum Gasteiger partial charge on any atom is -0.319 e. The summed E-state index contributed by atoms with van der Waals surface area (Å²) >= 11 is 5.03. The maximum Gasteiger partial charge on any atom is 0.209 e. The first-order valence-corrected chi connectivity index (χ1v) is 11.2. The van der Waals surface area contributed by atoms with E-state index in [9.17, 15) is 8.42 Å². The Morgan fingerprint density at radius 1 is 1.29 bits per heavy atom. The SMILES string of the molecule is CC(C)Cn1c(-c2ccc(Br)cc2)cnc1SCCCS(N)(=O)=O. The topological polar surface area (TPSA) is 78.0 Å². The molecule has 1 aromatic heterocycles. The molecule has 0 saturated carbocycles. The number of primary sulfonamides is 1. The van der Waals surface area contributed by atoms with Crippen LogP contribution in [0.2, 0.25) is 0 Å². The molecule has 132 valence electrons. The highest BCUT2D eigenvalue weighted by Gasteiger charge is 2.14. The Labute approximate surface area is 156 Å². The van der Waals surface area contributed by atoms with Crippen LogP contribution in [-0.4, -0.2) is 29.5 Å². The zero-order valence-corrected chi connectivity index (χ0v) is 17.0. The van der Waals surface area contributed by atoms with E-state index in [-0.39, 0.29) is 5.75 Å². The average molecular weight is 432 g/mol. The zero-order valence-electron chi connectivity index (χ0n) is 13.8. The first-order chi connectivity index (χ1) is 11.3. The van der Waals surface area contributed by atoms with E-state index in [1.54, 1.807) is 11.8 Å². The van der Waals surface area contributed by atoms with Crippen molar-refractivity contribution < 1.29 is 8.42 Å². The van der Waals surface area contributed by atoms with Gasteiger partial charge in [0.05, 0.1) is 17.6 Å². The summed E-state index contributed by atoms with van der Waals surface area (Å²) in [5.74, 6) is 1.16. The minimum absolute atomic E-state index is 0.00442. The van der Waals surface area contributed by atoms with Gasteiger partial charge in [0.25, 0.3) is 0 Å². The number of halogens is 1. The highest BCUT2D eigenvalue weighted by Crippen LogP contribution is 2.28. The Kier molecular flexibility index (Phi) is 6.91. The van der Waals surface area contributed by atoms with Crippen LogP contribution in [-0.2, 0) is 16.6 Å². The second-order valence-corrected chi connectivity index (χ2v) is 9.72. The number of hydrogen-bond donors (Lipinski definition) is 1. The van der Waals surface area contributed by atoms with Gasteiger partial charge >= 0.3 is 0 Å². The van der Waals surface area contributed by atoms with E-state index in [4.69, 9.17) is 5.14 Å². The summed E-state index contributed by atoms with van der Waals surface area (Å²) in [4.78, 5) is 4.54. The highest BCUT2D eigenvalue weighted by molar-refractivity contribution is 9.10. The molecular formula is C16H22BrN3O2S2. The van der Waals surface area contributed by atoms with Crippen LogP contribution in [0.3, 0.4) is 0 Å². The number of sulfonamides is 1. The van der Waals surface area contributed by atoms with E-state index in [0.717, 1.165) is 27.4 Å². The van der Waals surface area contributed by atoms with Gasteiger partial charge in [0.1, 0.15) is 0 Å². The molecule has 0 aliphatic carbocycles. The van der Waals surface area contributed by atoms with Crippen LogP contribution in [0, 0.1) is 5.92 Å². The molecule has 2 rings (SSSR count). The number of benzene rings is 1. The monoisotopic (exact) mass is 431 g/mol. The molecule has 0 aliphatic heterocycles. The lowest BCUT2D eigenvalue weighted by Gasteiger charge is -2.14. The molecule has 8 heteroatoms. The van der Waals surface area contributed by atoms with Gasteiger partial charge in [-0.25, -0.2) is 18.5 Å². The summed E-state index contributed by atoms with van der Waals surface area (Å²) in [6.07, 6.45) is 2.40. The van der Waals surface area contributed by atoms with Gasteiger partial charge in [-0.05, 0) is 30.0 Å². The summed E-state index contributed by atoms with van der Waals surface area (Å²) in [5.41, 5.74) is 2.19. The first kappa shape index (κ1) is 19.5. The van der Waals surface area contributed by atoms with Gasteiger partial charge in [0.2, 0.25) is 10.0 Å². The fraction of sp³-hybridized carbons (Fsp3) is 0.438. The van der Waals surface area contributed by atoms with Crippen LogP contribution in [0.1, 0.15) is 20.3 Å². The van der Waals surface area contributed by atoms with Crippen molar-refractivity contribution in [3.05, 3.63) is 34.9 Å². The van der Waals surface area contributed by atoms with Crippen LogP contribution >= 0.6 is 27.7 Å². The quantitative estimate of drug-likeness (QED) is 0.509. The lowest BCUT2D eigenvalue weighted by Crippen LogP contribution is -2.16. The molecule has 2 aromatic rings. The van der Waals surface area contributed by atoms with Crippen LogP contribution in [0.4, 0.5) is 0 Å². The van der Waals surface area contributed by atoms with Crippen molar-refractivity contribution in [1.29, 1.82) is 0 Å². The second kappa shape index (κ2) is 8.51. The maximum absolute atomic E-state index is 11.0. The molecule has 0 saturated heterocycles. The van der Waals surface area contributed by atoms with E-state index < -0.39 is 10.0 Å². The third-order valence-corrected chi connectivity index (χ3v) is 5.77. The number of imidazole rings is 1. The Hall–Kier alpha value is -0.830. The molecule has 5 nitrogen and oxygen atoms in total. The number of aromatic nitrogens is 2. The van der Waals surface area contributed by atoms with Crippen molar-refractivity contribution in [2.24, 2.45) is 11.1 Å². The Morgan fingerprint density at radius 3 is 2.54 bits per heavy atom. The molecule has 0 aliphatic rings. The second-order valence-electron chi connectivity index (χ2n) is 6.01. The average Bonchev–Trinajstić information content (AvgIpc) is 2.86. The minimum atomic E-state index is -3.39. The third-order valence-electron chi connectivity index (χ3n) is 3.31. The fourth-order valence-corrected chi connectivity index (χ4v) is 4.21. The molecule has 24 heavy (non-hydrogen) atoms. The van der Waals surface area contributed by atoms with Crippen LogP contribution in [0.25, 0.3) is 11.3 Å². The number of thioether (sulfide) groups is 1. The van der Waals surface area contributed by atoms with Crippen molar-refractivity contribution in [3.8, 4) is 11.3 Å². The molecule has 0 fully saturated rings. The van der Waals surface area contributed by atoms with Gasteiger partial charge < -0.3 is 4.57 Å². The van der Waals surface area contributed by atoms with E-state index in [1.807, 2.05) is 18.3 Å². The maximum atomic E-state index is 11.0. The van der Waals surface area contributed by atoms with Crippen molar-refractivity contribution in [3.63, 3.8) is 0 Å². The fourth-order valence-electron chi connectivity index (χ4n) is 2.29. The standard InChI is InChI=1S/C16H22BrN3O2S2/c1-12(2)11-20-15(13-4-6-14(17)7-5-13)10-19-16(20)23-8-3-9-24(18,21)22/h4-7,10,12H,3,8-9,11H2,1-2H3,(H2,18,21,22). The highest BCUT2D eigenvalue weighted by atomic mass is 79.9. The van der Waals surface area contributed by atoms with Crippen LogP contribution in [0.15, 0.2) is 40.1 Å². The summed E-state index contributed by atoms with van der Waals surface area (Å²) in [6, 6.07) is 8.16. The van der Waals surface area contributed by atoms with Gasteiger partial charge in [-0.1, -0.05) is 53.7 Å². The normalized spacial score (nSPS) is 12.0. The molecule has 0 unspecified atom stereocenters. The lowest BCUT2D eigenvalue weighted by atomic mass is 10.1.